The molecule has 0 aromatic heterocycles. The third-order valence-electron chi connectivity index (χ3n) is 7.29. The minimum atomic E-state index is -0.489. The van der Waals surface area contributed by atoms with Crippen LogP contribution in [0.2, 0.25) is 0 Å². The molecule has 2 spiro atoms. The molecule has 4 aliphatic rings. The summed E-state index contributed by atoms with van der Waals surface area (Å²) in [7, 11) is 0. The van der Waals surface area contributed by atoms with Crippen molar-refractivity contribution >= 4 is 11.8 Å². The average Bonchev–Trinajstić information content (AvgIpc) is 3.04. The highest BCUT2D eigenvalue weighted by Crippen LogP contribution is 2.66. The van der Waals surface area contributed by atoms with Gasteiger partial charge in [-0.1, -0.05) is 6.92 Å². The predicted octanol–water partition coefficient (Wildman–Crippen LogP) is 1.52. The van der Waals surface area contributed by atoms with Crippen LogP contribution in [-0.4, -0.2) is 52.6 Å². The van der Waals surface area contributed by atoms with Crippen molar-refractivity contribution in [2.75, 3.05) is 13.1 Å². The van der Waals surface area contributed by atoms with Crippen LogP contribution in [0, 0.1) is 17.3 Å². The van der Waals surface area contributed by atoms with Gasteiger partial charge in [0, 0.05) is 24.7 Å². The van der Waals surface area contributed by atoms with Crippen LogP contribution in [0.4, 0.5) is 0 Å². The van der Waals surface area contributed by atoms with Gasteiger partial charge in [0.2, 0.25) is 0 Å². The number of Topliss-reactive ketones (excluding diaryl/α,β-unsaturated/α-hetero) is 1. The van der Waals surface area contributed by atoms with Gasteiger partial charge in [-0.05, 0) is 51.1 Å². The van der Waals surface area contributed by atoms with E-state index in [2.05, 4.69) is 4.90 Å². The molecule has 5 nitrogen and oxygen atoms in total. The Morgan fingerprint density at radius 1 is 1.30 bits per heavy atom. The van der Waals surface area contributed by atoms with Gasteiger partial charge in [-0.3, -0.25) is 14.5 Å². The summed E-state index contributed by atoms with van der Waals surface area (Å²) >= 11 is 0. The zero-order chi connectivity index (χ0) is 16.4. The standard InChI is InChI=1S/C18H27NO4/c1-11-9-15(23-12(2)20)17-5-3-7-19-8-4-6-18(17,19)14(21)10-13(17)16(11)22/h11,13,15-16,22H,3-10H2,1-2H3. The van der Waals surface area contributed by atoms with Crippen molar-refractivity contribution in [1.29, 1.82) is 0 Å². The van der Waals surface area contributed by atoms with Crippen molar-refractivity contribution in [3.63, 3.8) is 0 Å². The van der Waals surface area contributed by atoms with Gasteiger partial charge in [0.25, 0.3) is 0 Å². The van der Waals surface area contributed by atoms with E-state index < -0.39 is 11.6 Å². The number of aliphatic hydroxyl groups is 1. The Hall–Kier alpha value is -0.940. The SMILES string of the molecule is CC(=O)OC1CC(C)C(O)C2CC(=O)C34CCCN3CCCC124. The van der Waals surface area contributed by atoms with Crippen LogP contribution in [0.3, 0.4) is 0 Å². The molecule has 23 heavy (non-hydrogen) atoms. The molecule has 0 amide bonds. The molecule has 2 aliphatic heterocycles. The summed E-state index contributed by atoms with van der Waals surface area (Å²) in [5, 5.41) is 10.9. The van der Waals surface area contributed by atoms with Crippen LogP contribution >= 0.6 is 0 Å². The third-order valence-corrected chi connectivity index (χ3v) is 7.29. The Kier molecular flexibility index (Phi) is 3.40. The second-order valence-electron chi connectivity index (χ2n) is 8.13. The normalized spacial score (nSPS) is 49.4. The Labute approximate surface area is 137 Å². The maximum atomic E-state index is 13.2. The van der Waals surface area contributed by atoms with Crippen LogP contribution in [0.25, 0.3) is 0 Å². The van der Waals surface area contributed by atoms with Crippen molar-refractivity contribution in [1.82, 2.24) is 4.90 Å². The van der Waals surface area contributed by atoms with Gasteiger partial charge >= 0.3 is 5.97 Å². The van der Waals surface area contributed by atoms with E-state index in [4.69, 9.17) is 4.74 Å². The molecule has 2 heterocycles. The Bertz CT molecular complexity index is 549. The molecule has 0 radical (unpaired) electrons. The fraction of sp³-hybridized carbons (Fsp3) is 0.889. The van der Waals surface area contributed by atoms with Gasteiger partial charge in [-0.25, -0.2) is 0 Å². The van der Waals surface area contributed by atoms with Crippen LogP contribution in [0.1, 0.15) is 52.4 Å². The Morgan fingerprint density at radius 2 is 2.00 bits per heavy atom. The molecule has 0 aromatic rings. The molecule has 1 N–H and O–H groups in total. The highest BCUT2D eigenvalue weighted by Gasteiger charge is 2.75. The predicted molar refractivity (Wildman–Crippen MR) is 83.7 cm³/mol. The first-order valence-corrected chi connectivity index (χ1v) is 9.07. The molecule has 4 rings (SSSR count). The molecule has 5 heteroatoms. The van der Waals surface area contributed by atoms with Crippen molar-refractivity contribution in [3.8, 4) is 0 Å². The minimum Gasteiger partial charge on any atom is -0.462 e. The van der Waals surface area contributed by atoms with E-state index in [1.165, 1.54) is 6.92 Å². The highest BCUT2D eigenvalue weighted by atomic mass is 16.5. The van der Waals surface area contributed by atoms with E-state index in [-0.39, 0.29) is 35.1 Å². The maximum Gasteiger partial charge on any atom is 0.302 e. The van der Waals surface area contributed by atoms with Gasteiger partial charge in [-0.15, -0.1) is 0 Å². The molecular formula is C18H27NO4. The third kappa shape index (κ3) is 1.75. The second kappa shape index (κ2) is 5.03. The van der Waals surface area contributed by atoms with Crippen molar-refractivity contribution in [2.24, 2.45) is 17.3 Å². The number of ether oxygens (including phenoxy) is 1. The number of nitrogens with zero attached hydrogens (tertiary/aromatic N) is 1. The molecule has 0 aromatic carbocycles. The highest BCUT2D eigenvalue weighted by molar-refractivity contribution is 5.93. The minimum absolute atomic E-state index is 0.0645. The molecule has 6 atom stereocenters. The van der Waals surface area contributed by atoms with E-state index in [1.807, 2.05) is 6.92 Å². The summed E-state index contributed by atoms with van der Waals surface area (Å²) in [5.74, 6) is 0.0139. The lowest BCUT2D eigenvalue weighted by molar-refractivity contribution is -0.205. The lowest BCUT2D eigenvalue weighted by Gasteiger charge is -2.60. The van der Waals surface area contributed by atoms with Crippen LogP contribution in [0.15, 0.2) is 0 Å². The number of rotatable bonds is 1. The summed E-state index contributed by atoms with van der Waals surface area (Å²) in [6, 6.07) is 0. The quantitative estimate of drug-likeness (QED) is 0.742. The summed E-state index contributed by atoms with van der Waals surface area (Å²) in [6.07, 6.45) is 4.20. The molecule has 4 fully saturated rings. The average molecular weight is 321 g/mol. The summed E-state index contributed by atoms with van der Waals surface area (Å²) in [4.78, 5) is 27.3. The van der Waals surface area contributed by atoms with Gasteiger partial charge in [-0.2, -0.15) is 0 Å². The summed E-state index contributed by atoms with van der Waals surface area (Å²) in [6.45, 7) is 5.38. The maximum absolute atomic E-state index is 13.2. The van der Waals surface area contributed by atoms with E-state index in [9.17, 15) is 14.7 Å². The summed E-state index contributed by atoms with van der Waals surface area (Å²) in [5.41, 5.74) is -0.867. The van der Waals surface area contributed by atoms with Gasteiger partial charge < -0.3 is 9.84 Å². The number of esters is 1. The number of aliphatic hydroxyl groups excluding tert-OH is 1. The number of hydrogen-bond donors (Lipinski definition) is 1. The molecule has 2 saturated heterocycles. The number of carbonyl (C=O) groups excluding carboxylic acids is 2. The smallest absolute Gasteiger partial charge is 0.302 e. The second-order valence-corrected chi connectivity index (χ2v) is 8.13. The fourth-order valence-electron chi connectivity index (χ4n) is 6.62. The molecule has 2 aliphatic carbocycles. The van der Waals surface area contributed by atoms with Crippen molar-refractivity contribution < 1.29 is 19.4 Å². The number of carbonyl (C=O) groups is 2. The van der Waals surface area contributed by atoms with Crippen LogP contribution in [-0.2, 0) is 14.3 Å². The molecule has 6 unspecified atom stereocenters. The zero-order valence-corrected chi connectivity index (χ0v) is 14.1. The number of hydrogen-bond acceptors (Lipinski definition) is 5. The van der Waals surface area contributed by atoms with Crippen molar-refractivity contribution in [3.05, 3.63) is 0 Å². The van der Waals surface area contributed by atoms with E-state index in [0.717, 1.165) is 38.8 Å². The summed E-state index contributed by atoms with van der Waals surface area (Å²) < 4.78 is 5.81. The van der Waals surface area contributed by atoms with Gasteiger partial charge in [0.1, 0.15) is 6.10 Å². The molecule has 2 saturated carbocycles. The van der Waals surface area contributed by atoms with Crippen LogP contribution < -0.4 is 0 Å². The number of ketones is 1. The first-order chi connectivity index (χ1) is 10.9. The van der Waals surface area contributed by atoms with E-state index in [1.54, 1.807) is 0 Å². The van der Waals surface area contributed by atoms with Crippen molar-refractivity contribution in [2.45, 2.75) is 70.1 Å². The monoisotopic (exact) mass is 321 g/mol. The molecule has 0 bridgehead atoms. The van der Waals surface area contributed by atoms with Gasteiger partial charge in [0.05, 0.1) is 11.6 Å². The Morgan fingerprint density at radius 3 is 2.70 bits per heavy atom. The molecular weight excluding hydrogens is 294 g/mol. The lowest BCUT2D eigenvalue weighted by atomic mass is 9.52. The first-order valence-electron chi connectivity index (χ1n) is 9.07. The van der Waals surface area contributed by atoms with Crippen LogP contribution in [0.5, 0.6) is 0 Å². The van der Waals surface area contributed by atoms with E-state index >= 15 is 0 Å². The lowest BCUT2D eigenvalue weighted by Crippen LogP contribution is -2.69. The largest absolute Gasteiger partial charge is 0.462 e. The Balaban J connectivity index is 1.87. The fourth-order valence-corrected chi connectivity index (χ4v) is 6.62. The zero-order valence-electron chi connectivity index (χ0n) is 14.1. The first kappa shape index (κ1) is 15.6. The number of piperidine rings is 1. The van der Waals surface area contributed by atoms with Gasteiger partial charge in [0.15, 0.2) is 5.78 Å². The molecule has 128 valence electrons. The van der Waals surface area contributed by atoms with E-state index in [0.29, 0.717) is 12.8 Å². The topological polar surface area (TPSA) is 66.8 Å².